The van der Waals surface area contributed by atoms with Crippen molar-refractivity contribution >= 4 is 22.4 Å². The maximum atomic E-state index is 12.4. The number of aryl methyl sites for hydroxylation is 2. The monoisotopic (exact) mass is 350 g/mol. The second-order valence-electron chi connectivity index (χ2n) is 5.11. The number of hydrogen-bond acceptors (Lipinski definition) is 6. The van der Waals surface area contributed by atoms with Crippen molar-refractivity contribution in [1.29, 1.82) is 0 Å². The van der Waals surface area contributed by atoms with Crippen molar-refractivity contribution in [2.24, 2.45) is 0 Å². The van der Waals surface area contributed by atoms with Crippen LogP contribution in [0.4, 0.5) is 5.13 Å². The molecule has 0 aliphatic rings. The Morgan fingerprint density at radius 3 is 2.83 bits per heavy atom. The summed E-state index contributed by atoms with van der Waals surface area (Å²) in [6.07, 6.45) is 1.44. The summed E-state index contributed by atoms with van der Waals surface area (Å²) in [5, 5.41) is 12.3. The number of ether oxygens (including phenoxy) is 2. The first-order valence-corrected chi connectivity index (χ1v) is 8.60. The number of aromatic nitrogens is 1. The van der Waals surface area contributed by atoms with Crippen molar-refractivity contribution in [1.82, 2.24) is 4.98 Å². The predicted molar refractivity (Wildman–Crippen MR) is 94.4 cm³/mol. The van der Waals surface area contributed by atoms with Crippen LogP contribution in [0.3, 0.4) is 0 Å². The molecule has 0 unspecified atom stereocenters. The third kappa shape index (κ3) is 4.46. The lowest BCUT2D eigenvalue weighted by Gasteiger charge is -2.10. The summed E-state index contributed by atoms with van der Waals surface area (Å²) in [6.45, 7) is 4.41. The fraction of sp³-hybridized carbons (Fsp3) is 0.412. The molecule has 0 saturated carbocycles. The molecule has 0 fully saturated rings. The number of nitrogens with zero attached hydrogens (tertiary/aromatic N) is 1. The number of rotatable bonds is 8. The summed E-state index contributed by atoms with van der Waals surface area (Å²) in [4.78, 5) is 17.9. The number of benzene rings is 1. The normalized spacial score (nSPS) is 10.5. The van der Waals surface area contributed by atoms with Gasteiger partial charge in [-0.3, -0.25) is 10.1 Å². The van der Waals surface area contributed by atoms with Crippen molar-refractivity contribution in [3.05, 3.63) is 34.3 Å². The van der Waals surface area contributed by atoms with E-state index in [1.807, 2.05) is 13.8 Å². The molecule has 24 heavy (non-hydrogen) atoms. The highest BCUT2D eigenvalue weighted by Crippen LogP contribution is 2.29. The van der Waals surface area contributed by atoms with Gasteiger partial charge in [-0.25, -0.2) is 4.98 Å². The Balaban J connectivity index is 2.13. The molecule has 1 heterocycles. The maximum absolute atomic E-state index is 12.4. The lowest BCUT2D eigenvalue weighted by atomic mass is 10.2. The Morgan fingerprint density at radius 1 is 1.38 bits per heavy atom. The highest BCUT2D eigenvalue weighted by Gasteiger charge is 2.14. The number of aliphatic hydroxyl groups is 1. The molecule has 1 amide bonds. The van der Waals surface area contributed by atoms with Crippen LogP contribution in [0.25, 0.3) is 0 Å². The molecule has 2 aromatic rings. The number of amides is 1. The largest absolute Gasteiger partial charge is 0.493 e. The average molecular weight is 350 g/mol. The topological polar surface area (TPSA) is 80.7 Å². The minimum Gasteiger partial charge on any atom is -0.493 e. The van der Waals surface area contributed by atoms with Crippen LogP contribution in [-0.2, 0) is 6.42 Å². The van der Waals surface area contributed by atoms with Crippen LogP contribution in [0.1, 0.15) is 34.3 Å². The molecule has 0 bridgehead atoms. The Hall–Kier alpha value is -2.12. The number of anilines is 1. The quantitative estimate of drug-likeness (QED) is 0.765. The standard InChI is InChI=1S/C17H22N2O4S/c1-4-23-14-10-12(7-8-13(14)22-3)16(21)19-17-18-11(2)15(24-17)6-5-9-20/h7-8,10,20H,4-6,9H2,1-3H3,(H,18,19,21). The van der Waals surface area contributed by atoms with Gasteiger partial charge in [0.1, 0.15) is 0 Å². The van der Waals surface area contributed by atoms with Crippen molar-refractivity contribution in [3.63, 3.8) is 0 Å². The van der Waals surface area contributed by atoms with Gasteiger partial charge in [0.15, 0.2) is 16.6 Å². The summed E-state index contributed by atoms with van der Waals surface area (Å²) in [7, 11) is 1.56. The van der Waals surface area contributed by atoms with Gasteiger partial charge in [-0.2, -0.15) is 0 Å². The number of methoxy groups -OCH3 is 1. The number of thiazole rings is 1. The maximum Gasteiger partial charge on any atom is 0.257 e. The van der Waals surface area contributed by atoms with Crippen LogP contribution < -0.4 is 14.8 Å². The molecule has 130 valence electrons. The summed E-state index contributed by atoms with van der Waals surface area (Å²) in [6, 6.07) is 5.05. The van der Waals surface area contributed by atoms with Gasteiger partial charge in [-0.15, -0.1) is 11.3 Å². The molecule has 7 heteroatoms. The van der Waals surface area contributed by atoms with E-state index in [-0.39, 0.29) is 12.5 Å². The van der Waals surface area contributed by atoms with Gasteiger partial charge < -0.3 is 14.6 Å². The van der Waals surface area contributed by atoms with Crippen LogP contribution in [0.5, 0.6) is 11.5 Å². The molecule has 0 spiro atoms. The van der Waals surface area contributed by atoms with E-state index in [2.05, 4.69) is 10.3 Å². The van der Waals surface area contributed by atoms with Crippen LogP contribution in [0.15, 0.2) is 18.2 Å². The minimum absolute atomic E-state index is 0.144. The number of carbonyl (C=O) groups is 1. The fourth-order valence-corrected chi connectivity index (χ4v) is 3.21. The Kier molecular flexibility index (Phi) is 6.57. The lowest BCUT2D eigenvalue weighted by Crippen LogP contribution is -2.12. The Labute approximate surface area is 145 Å². The molecular weight excluding hydrogens is 328 g/mol. The minimum atomic E-state index is -0.249. The fourth-order valence-electron chi connectivity index (χ4n) is 2.21. The molecule has 1 aromatic heterocycles. The van der Waals surface area contributed by atoms with E-state index in [4.69, 9.17) is 14.6 Å². The van der Waals surface area contributed by atoms with Crippen molar-refractivity contribution in [3.8, 4) is 11.5 Å². The van der Waals surface area contributed by atoms with Crippen molar-refractivity contribution in [2.45, 2.75) is 26.7 Å². The van der Waals surface area contributed by atoms with E-state index in [0.717, 1.165) is 17.0 Å². The highest BCUT2D eigenvalue weighted by molar-refractivity contribution is 7.15. The van der Waals surface area contributed by atoms with E-state index in [1.54, 1.807) is 25.3 Å². The summed E-state index contributed by atoms with van der Waals surface area (Å²) >= 11 is 1.43. The SMILES string of the molecule is CCOc1cc(C(=O)Nc2nc(C)c(CCCO)s2)ccc1OC. The summed E-state index contributed by atoms with van der Waals surface area (Å²) in [5.41, 5.74) is 1.36. The average Bonchev–Trinajstić information content (AvgIpc) is 2.92. The van der Waals surface area contributed by atoms with Gasteiger partial charge in [0, 0.05) is 17.0 Å². The number of hydrogen-bond donors (Lipinski definition) is 2. The van der Waals surface area contributed by atoms with E-state index in [9.17, 15) is 4.79 Å². The smallest absolute Gasteiger partial charge is 0.257 e. The van der Waals surface area contributed by atoms with E-state index < -0.39 is 0 Å². The Morgan fingerprint density at radius 2 is 2.17 bits per heavy atom. The van der Waals surface area contributed by atoms with Gasteiger partial charge in [0.25, 0.3) is 5.91 Å². The van der Waals surface area contributed by atoms with E-state index in [1.165, 1.54) is 11.3 Å². The van der Waals surface area contributed by atoms with Crippen molar-refractivity contribution in [2.75, 3.05) is 25.6 Å². The van der Waals surface area contributed by atoms with Gasteiger partial charge in [-0.05, 0) is 44.9 Å². The number of aliphatic hydroxyl groups excluding tert-OH is 1. The molecule has 0 radical (unpaired) electrons. The Bertz CT molecular complexity index is 700. The molecule has 2 N–H and O–H groups in total. The third-order valence-electron chi connectivity index (χ3n) is 3.40. The second kappa shape index (κ2) is 8.65. The van der Waals surface area contributed by atoms with Crippen LogP contribution >= 0.6 is 11.3 Å². The molecule has 0 atom stereocenters. The van der Waals surface area contributed by atoms with Gasteiger partial charge in [0.05, 0.1) is 19.4 Å². The molecule has 2 rings (SSSR count). The zero-order valence-corrected chi connectivity index (χ0v) is 14.9. The number of carbonyl (C=O) groups excluding carboxylic acids is 1. The first-order valence-electron chi connectivity index (χ1n) is 7.78. The van der Waals surface area contributed by atoms with Gasteiger partial charge in [-0.1, -0.05) is 0 Å². The number of nitrogens with one attached hydrogen (secondary N) is 1. The van der Waals surface area contributed by atoms with E-state index >= 15 is 0 Å². The molecule has 0 saturated heterocycles. The molecule has 0 aliphatic heterocycles. The van der Waals surface area contributed by atoms with Gasteiger partial charge >= 0.3 is 0 Å². The highest BCUT2D eigenvalue weighted by atomic mass is 32.1. The summed E-state index contributed by atoms with van der Waals surface area (Å²) < 4.78 is 10.7. The predicted octanol–water partition coefficient (Wildman–Crippen LogP) is 3.04. The first kappa shape index (κ1) is 18.2. The molecular formula is C17H22N2O4S. The molecule has 1 aromatic carbocycles. The third-order valence-corrected chi connectivity index (χ3v) is 4.53. The van der Waals surface area contributed by atoms with Gasteiger partial charge in [0.2, 0.25) is 0 Å². The molecule has 6 nitrogen and oxygen atoms in total. The summed E-state index contributed by atoms with van der Waals surface area (Å²) in [5.74, 6) is 0.873. The van der Waals surface area contributed by atoms with E-state index in [0.29, 0.717) is 35.2 Å². The van der Waals surface area contributed by atoms with Crippen molar-refractivity contribution < 1.29 is 19.4 Å². The zero-order valence-electron chi connectivity index (χ0n) is 14.1. The molecule has 0 aliphatic carbocycles. The first-order chi connectivity index (χ1) is 11.6. The second-order valence-corrected chi connectivity index (χ2v) is 6.19. The van der Waals surface area contributed by atoms with Crippen LogP contribution in [-0.4, -0.2) is 36.3 Å². The zero-order chi connectivity index (χ0) is 17.5. The lowest BCUT2D eigenvalue weighted by molar-refractivity contribution is 0.102. The van der Waals surface area contributed by atoms with Crippen LogP contribution in [0.2, 0.25) is 0 Å². The van der Waals surface area contributed by atoms with Crippen LogP contribution in [0, 0.1) is 6.92 Å².